The number of primary amides is 1. The molecular weight excluding hydrogens is 239 g/mol. The normalized spacial score (nSPS) is 11.7. The first-order valence-corrected chi connectivity index (χ1v) is 6.05. The number of rotatable bonds is 9. The van der Waals surface area contributed by atoms with Crippen molar-refractivity contribution in [2.24, 2.45) is 5.73 Å². The van der Waals surface area contributed by atoms with Gasteiger partial charge >= 0.3 is 13.2 Å². The van der Waals surface area contributed by atoms with Crippen molar-refractivity contribution in [1.29, 1.82) is 0 Å². The van der Waals surface area contributed by atoms with Crippen molar-refractivity contribution in [3.63, 3.8) is 0 Å². The van der Waals surface area contributed by atoms with Crippen LogP contribution in [0.25, 0.3) is 0 Å². The van der Waals surface area contributed by atoms with Gasteiger partial charge in [-0.1, -0.05) is 26.2 Å². The van der Waals surface area contributed by atoms with Crippen LogP contribution in [0.5, 0.6) is 0 Å². The largest absolute Gasteiger partial charge is 0.476 e. The Balaban J connectivity index is 3.84. The van der Waals surface area contributed by atoms with E-state index in [2.05, 4.69) is 12.2 Å². The molecule has 0 aromatic heterocycles. The molecule has 0 saturated carbocycles. The fraction of sp³-hybridized carbons (Fsp3) is 0.800. The second kappa shape index (κ2) is 9.72. The smallest absolute Gasteiger partial charge is 0.450 e. The first-order valence-electron chi connectivity index (χ1n) is 6.05. The van der Waals surface area contributed by atoms with Crippen molar-refractivity contribution in [3.05, 3.63) is 0 Å². The number of nitrogens with one attached hydrogen (secondary N) is 1. The second-order valence-corrected chi connectivity index (χ2v) is 4.03. The Morgan fingerprint density at radius 2 is 2.00 bits per heavy atom. The predicted octanol–water partition coefficient (Wildman–Crippen LogP) is -0.451. The molecule has 0 aromatic rings. The van der Waals surface area contributed by atoms with Crippen LogP contribution in [-0.4, -0.2) is 41.7 Å². The maximum Gasteiger partial charge on any atom is 0.476 e. The summed E-state index contributed by atoms with van der Waals surface area (Å²) < 4.78 is 4.83. The van der Waals surface area contributed by atoms with Crippen LogP contribution in [0.3, 0.4) is 0 Å². The molecule has 5 N–H and O–H groups in total. The molecule has 0 aliphatic carbocycles. The first-order chi connectivity index (χ1) is 8.47. The van der Waals surface area contributed by atoms with Crippen LogP contribution in [0.4, 0.5) is 4.79 Å². The summed E-state index contributed by atoms with van der Waals surface area (Å²) in [7, 11) is -1.86. The van der Waals surface area contributed by atoms with Crippen LogP contribution in [-0.2, 0) is 9.53 Å². The number of carbonyl (C=O) groups is 2. The Labute approximate surface area is 107 Å². The molecule has 0 rings (SSSR count). The topological polar surface area (TPSA) is 122 Å². The zero-order valence-corrected chi connectivity index (χ0v) is 10.6. The standard InChI is InChI=1S/C10H21BN2O5/c1-2-3-4-5-6-18-10(15)13-8(11(16)17)7-9(12)14/h8,16-17H,2-7H2,1H3,(H2,12,14)(H,13,15)/t8-/m1/s1. The van der Waals surface area contributed by atoms with Crippen molar-refractivity contribution in [2.45, 2.75) is 45.0 Å². The Kier molecular flexibility index (Phi) is 9.04. The van der Waals surface area contributed by atoms with Crippen LogP contribution in [0.2, 0.25) is 0 Å². The summed E-state index contributed by atoms with van der Waals surface area (Å²) in [4.78, 5) is 21.9. The van der Waals surface area contributed by atoms with Crippen molar-refractivity contribution in [3.8, 4) is 0 Å². The zero-order chi connectivity index (χ0) is 14.0. The molecule has 1 atom stereocenters. The number of unbranched alkanes of at least 4 members (excludes halogenated alkanes) is 3. The van der Waals surface area contributed by atoms with Crippen molar-refractivity contribution in [2.75, 3.05) is 6.61 Å². The van der Waals surface area contributed by atoms with E-state index in [0.29, 0.717) is 0 Å². The lowest BCUT2D eigenvalue weighted by molar-refractivity contribution is -0.118. The molecule has 0 heterocycles. The van der Waals surface area contributed by atoms with E-state index in [4.69, 9.17) is 20.5 Å². The molecule has 2 amide bonds. The Morgan fingerprint density at radius 1 is 1.33 bits per heavy atom. The number of ether oxygens (including phenoxy) is 1. The fourth-order valence-corrected chi connectivity index (χ4v) is 1.33. The van der Waals surface area contributed by atoms with Crippen molar-refractivity contribution < 1.29 is 24.4 Å². The van der Waals surface area contributed by atoms with Crippen molar-refractivity contribution in [1.82, 2.24) is 5.32 Å². The van der Waals surface area contributed by atoms with E-state index in [1.165, 1.54) is 0 Å². The predicted molar refractivity (Wildman–Crippen MR) is 66.4 cm³/mol. The number of alkyl carbamates (subject to hydrolysis) is 1. The van der Waals surface area contributed by atoms with E-state index in [9.17, 15) is 9.59 Å². The lowest BCUT2D eigenvalue weighted by Gasteiger charge is -2.15. The fourth-order valence-electron chi connectivity index (χ4n) is 1.33. The highest BCUT2D eigenvalue weighted by Gasteiger charge is 2.27. The van der Waals surface area contributed by atoms with Crippen LogP contribution in [0.1, 0.15) is 39.0 Å². The molecule has 104 valence electrons. The van der Waals surface area contributed by atoms with E-state index in [-0.39, 0.29) is 13.0 Å². The molecule has 0 bridgehead atoms. The van der Waals surface area contributed by atoms with Gasteiger partial charge in [-0.15, -0.1) is 0 Å². The number of hydrogen-bond acceptors (Lipinski definition) is 5. The first kappa shape index (κ1) is 16.7. The molecule has 0 unspecified atom stereocenters. The zero-order valence-electron chi connectivity index (χ0n) is 10.6. The van der Waals surface area contributed by atoms with Gasteiger partial charge in [0.15, 0.2) is 0 Å². The number of amides is 2. The van der Waals surface area contributed by atoms with Gasteiger partial charge in [0.05, 0.1) is 12.5 Å². The molecule has 0 fully saturated rings. The van der Waals surface area contributed by atoms with Gasteiger partial charge in [0.2, 0.25) is 5.91 Å². The minimum absolute atomic E-state index is 0.261. The maximum absolute atomic E-state index is 11.3. The molecule has 8 heteroatoms. The summed E-state index contributed by atoms with van der Waals surface area (Å²) in [6.45, 7) is 2.33. The minimum Gasteiger partial charge on any atom is -0.450 e. The highest BCUT2D eigenvalue weighted by molar-refractivity contribution is 6.44. The maximum atomic E-state index is 11.3. The third-order valence-corrected chi connectivity index (χ3v) is 2.32. The van der Waals surface area contributed by atoms with Gasteiger partial charge in [0.1, 0.15) is 0 Å². The average molecular weight is 260 g/mol. The molecule has 0 aromatic carbocycles. The van der Waals surface area contributed by atoms with Gasteiger partial charge in [-0.3, -0.25) is 4.79 Å². The highest BCUT2D eigenvalue weighted by atomic mass is 16.5. The molecule has 0 spiro atoms. The van der Waals surface area contributed by atoms with E-state index < -0.39 is 25.1 Å². The van der Waals surface area contributed by atoms with Crippen molar-refractivity contribution >= 4 is 19.1 Å². The van der Waals surface area contributed by atoms with Crippen LogP contribution >= 0.6 is 0 Å². The van der Waals surface area contributed by atoms with Gasteiger partial charge in [-0.2, -0.15) is 0 Å². The number of hydrogen-bond donors (Lipinski definition) is 4. The average Bonchev–Trinajstić information content (AvgIpc) is 2.27. The Morgan fingerprint density at radius 3 is 2.50 bits per heavy atom. The molecule has 0 radical (unpaired) electrons. The molecular formula is C10H21BN2O5. The summed E-state index contributed by atoms with van der Waals surface area (Å²) in [5, 5.41) is 20.0. The SMILES string of the molecule is CCCCCCOC(=O)N[C@H](CC(N)=O)B(O)O. The van der Waals surface area contributed by atoms with Gasteiger partial charge in [-0.05, 0) is 6.42 Å². The van der Waals surface area contributed by atoms with Crippen LogP contribution in [0.15, 0.2) is 0 Å². The number of carbonyl (C=O) groups excluding carboxylic acids is 2. The monoisotopic (exact) mass is 260 g/mol. The van der Waals surface area contributed by atoms with Gasteiger partial charge in [-0.25, -0.2) is 4.79 Å². The molecule has 0 aliphatic heterocycles. The summed E-state index contributed by atoms with van der Waals surface area (Å²) in [5.74, 6) is -1.89. The summed E-state index contributed by atoms with van der Waals surface area (Å²) >= 11 is 0. The lowest BCUT2D eigenvalue weighted by Crippen LogP contribution is -2.48. The van der Waals surface area contributed by atoms with E-state index in [0.717, 1.165) is 25.7 Å². The second-order valence-electron chi connectivity index (χ2n) is 4.03. The van der Waals surface area contributed by atoms with Crippen LogP contribution in [0, 0.1) is 0 Å². The van der Waals surface area contributed by atoms with Gasteiger partial charge in [0.25, 0.3) is 0 Å². The van der Waals surface area contributed by atoms with E-state index in [1.54, 1.807) is 0 Å². The Bertz CT molecular complexity index is 263. The third kappa shape index (κ3) is 8.83. The van der Waals surface area contributed by atoms with E-state index in [1.807, 2.05) is 0 Å². The summed E-state index contributed by atoms with van der Waals surface area (Å²) in [5.41, 5.74) is 4.91. The third-order valence-electron chi connectivity index (χ3n) is 2.32. The van der Waals surface area contributed by atoms with Gasteiger partial charge < -0.3 is 25.8 Å². The quantitative estimate of drug-likeness (QED) is 0.330. The molecule has 0 aliphatic rings. The number of nitrogens with two attached hydrogens (primary N) is 1. The Hall–Kier alpha value is -1.28. The molecule has 18 heavy (non-hydrogen) atoms. The van der Waals surface area contributed by atoms with E-state index >= 15 is 0 Å². The minimum atomic E-state index is -1.86. The van der Waals surface area contributed by atoms with Gasteiger partial charge in [0, 0.05) is 6.42 Å². The lowest BCUT2D eigenvalue weighted by atomic mass is 9.77. The summed E-state index contributed by atoms with van der Waals surface area (Å²) in [6, 6.07) is 0. The highest BCUT2D eigenvalue weighted by Crippen LogP contribution is 2.00. The molecule has 0 saturated heterocycles. The van der Waals surface area contributed by atoms with Crippen LogP contribution < -0.4 is 11.1 Å². The molecule has 7 nitrogen and oxygen atoms in total. The summed E-state index contributed by atoms with van der Waals surface area (Å²) in [6.07, 6.45) is 2.74.